The maximum absolute atomic E-state index is 12.2. The lowest BCUT2D eigenvalue weighted by atomic mass is 10.4. The zero-order valence-electron chi connectivity index (χ0n) is 8.29. The molecule has 0 spiro atoms. The lowest BCUT2D eigenvalue weighted by molar-refractivity contribution is 0.111. The van der Waals surface area contributed by atoms with E-state index in [0.717, 1.165) is 5.39 Å². The van der Waals surface area contributed by atoms with Gasteiger partial charge in [-0.1, -0.05) is 0 Å². The Bertz CT molecular complexity index is 661. The second-order valence-corrected chi connectivity index (χ2v) is 6.83. The van der Waals surface area contributed by atoms with E-state index in [2.05, 4.69) is 0 Å². The number of carbonyl (C=O) groups excluding carboxylic acids is 1. The second-order valence-electron chi connectivity index (χ2n) is 3.88. The van der Waals surface area contributed by atoms with Crippen molar-refractivity contribution in [2.24, 2.45) is 0 Å². The first-order chi connectivity index (χ1) is 7.64. The van der Waals surface area contributed by atoms with Gasteiger partial charge in [0.05, 0.1) is 10.9 Å². The topological polar surface area (TPSA) is 56.1 Å². The van der Waals surface area contributed by atoms with Crippen LogP contribution < -0.4 is 0 Å². The van der Waals surface area contributed by atoms with Crippen molar-refractivity contribution in [3.8, 4) is 0 Å². The van der Waals surface area contributed by atoms with Crippen molar-refractivity contribution >= 4 is 37.9 Å². The number of nitrogens with zero attached hydrogens (tertiary/aromatic N) is 1. The van der Waals surface area contributed by atoms with Gasteiger partial charge in [0.15, 0.2) is 6.29 Å². The number of hydrogen-bond donors (Lipinski definition) is 0. The number of carbonyl (C=O) groups is 1. The fraction of sp³-hybridized carbons (Fsp3) is 0.300. The van der Waals surface area contributed by atoms with E-state index >= 15 is 0 Å². The van der Waals surface area contributed by atoms with Crippen LogP contribution in [-0.2, 0) is 10.0 Å². The van der Waals surface area contributed by atoms with Crippen molar-refractivity contribution in [1.29, 1.82) is 0 Å². The summed E-state index contributed by atoms with van der Waals surface area (Å²) < 4.78 is 25.5. The molecule has 0 aromatic carbocycles. The lowest BCUT2D eigenvalue weighted by Crippen LogP contribution is -2.18. The third kappa shape index (κ3) is 1.26. The van der Waals surface area contributed by atoms with Gasteiger partial charge in [0.2, 0.25) is 10.0 Å². The number of thiophene rings is 1. The van der Waals surface area contributed by atoms with E-state index in [1.165, 1.54) is 15.3 Å². The summed E-state index contributed by atoms with van der Waals surface area (Å²) in [5.74, 6) is 0. The maximum Gasteiger partial charge on any atom is 0.243 e. The molecule has 0 unspecified atom stereocenters. The largest absolute Gasteiger partial charge is 0.296 e. The summed E-state index contributed by atoms with van der Waals surface area (Å²) in [5.41, 5.74) is 0.230. The number of hydrogen-bond acceptors (Lipinski definition) is 4. The predicted molar refractivity (Wildman–Crippen MR) is 62.5 cm³/mol. The first kappa shape index (κ1) is 10.0. The van der Waals surface area contributed by atoms with E-state index in [1.807, 2.05) is 11.4 Å². The van der Waals surface area contributed by atoms with Crippen LogP contribution in [0.3, 0.4) is 0 Å². The summed E-state index contributed by atoms with van der Waals surface area (Å²) >= 11 is 1.35. The van der Waals surface area contributed by atoms with Crippen molar-refractivity contribution in [2.75, 3.05) is 0 Å². The summed E-state index contributed by atoms with van der Waals surface area (Å²) in [6.45, 7) is 0. The molecule has 1 saturated carbocycles. The Hall–Kier alpha value is -1.14. The molecule has 0 bridgehead atoms. The molecule has 4 nitrogen and oxygen atoms in total. The van der Waals surface area contributed by atoms with Crippen LogP contribution in [0.4, 0.5) is 0 Å². The van der Waals surface area contributed by atoms with Crippen LogP contribution in [0.2, 0.25) is 0 Å². The van der Waals surface area contributed by atoms with E-state index in [1.54, 1.807) is 6.07 Å². The molecule has 1 fully saturated rings. The van der Waals surface area contributed by atoms with Crippen LogP contribution in [-0.4, -0.2) is 23.9 Å². The first-order valence-corrected chi connectivity index (χ1v) is 7.31. The molecule has 0 amide bonds. The van der Waals surface area contributed by atoms with Crippen molar-refractivity contribution in [1.82, 2.24) is 3.97 Å². The van der Waals surface area contributed by atoms with Crippen LogP contribution in [0.5, 0.6) is 0 Å². The van der Waals surface area contributed by atoms with Gasteiger partial charge in [-0.25, -0.2) is 12.4 Å². The SMILES string of the molecule is O=Cc1cc2ccsc2n1S(=O)(=O)C1CC1. The monoisotopic (exact) mass is 255 g/mol. The number of aldehydes is 1. The fourth-order valence-electron chi connectivity index (χ4n) is 1.78. The third-order valence-electron chi connectivity index (χ3n) is 2.72. The minimum atomic E-state index is -3.37. The molecule has 0 radical (unpaired) electrons. The number of aromatic nitrogens is 1. The van der Waals surface area contributed by atoms with Crippen molar-refractivity contribution in [2.45, 2.75) is 18.1 Å². The quantitative estimate of drug-likeness (QED) is 0.786. The number of rotatable bonds is 3. The second kappa shape index (κ2) is 3.18. The zero-order valence-corrected chi connectivity index (χ0v) is 9.92. The van der Waals surface area contributed by atoms with Crippen molar-refractivity contribution < 1.29 is 13.2 Å². The molecule has 1 aliphatic carbocycles. The molecule has 2 aromatic heterocycles. The van der Waals surface area contributed by atoms with Gasteiger partial charge in [-0.05, 0) is 30.4 Å². The van der Waals surface area contributed by atoms with E-state index < -0.39 is 10.0 Å². The Morgan fingerprint density at radius 2 is 2.19 bits per heavy atom. The highest BCUT2D eigenvalue weighted by atomic mass is 32.2. The molecule has 2 heterocycles. The highest BCUT2D eigenvalue weighted by Crippen LogP contribution is 2.34. The fourth-order valence-corrected chi connectivity index (χ4v) is 4.79. The summed E-state index contributed by atoms with van der Waals surface area (Å²) in [6, 6.07) is 3.45. The smallest absolute Gasteiger partial charge is 0.243 e. The summed E-state index contributed by atoms with van der Waals surface area (Å²) in [6.07, 6.45) is 2.00. The van der Waals surface area contributed by atoms with E-state index in [0.29, 0.717) is 24.0 Å². The Morgan fingerprint density at radius 1 is 1.44 bits per heavy atom. The van der Waals surface area contributed by atoms with Gasteiger partial charge < -0.3 is 0 Å². The van der Waals surface area contributed by atoms with Gasteiger partial charge in [-0.2, -0.15) is 0 Å². The molecule has 0 aliphatic heterocycles. The Labute approximate surface area is 96.5 Å². The minimum Gasteiger partial charge on any atom is -0.296 e. The van der Waals surface area contributed by atoms with Gasteiger partial charge in [-0.15, -0.1) is 11.3 Å². The Kier molecular flexibility index (Phi) is 1.99. The van der Waals surface area contributed by atoms with Crippen LogP contribution in [0.25, 0.3) is 10.2 Å². The average molecular weight is 255 g/mol. The van der Waals surface area contributed by atoms with E-state index in [4.69, 9.17) is 0 Å². The molecule has 16 heavy (non-hydrogen) atoms. The Morgan fingerprint density at radius 3 is 2.81 bits per heavy atom. The van der Waals surface area contributed by atoms with E-state index in [-0.39, 0.29) is 10.9 Å². The van der Waals surface area contributed by atoms with Crippen LogP contribution in [0.1, 0.15) is 23.3 Å². The molecule has 0 saturated heterocycles. The van der Waals surface area contributed by atoms with Gasteiger partial charge >= 0.3 is 0 Å². The molecular weight excluding hydrogens is 246 g/mol. The summed E-state index contributed by atoms with van der Waals surface area (Å²) in [4.78, 5) is 11.6. The van der Waals surface area contributed by atoms with Gasteiger partial charge in [0, 0.05) is 5.39 Å². The summed E-state index contributed by atoms with van der Waals surface area (Å²) in [5, 5.41) is 2.35. The van der Waals surface area contributed by atoms with Crippen molar-refractivity contribution in [3.05, 3.63) is 23.2 Å². The molecule has 1 aliphatic rings. The maximum atomic E-state index is 12.2. The highest BCUT2D eigenvalue weighted by Gasteiger charge is 2.38. The Balaban J connectivity index is 2.35. The molecule has 0 atom stereocenters. The van der Waals surface area contributed by atoms with E-state index in [9.17, 15) is 13.2 Å². The zero-order chi connectivity index (χ0) is 11.3. The predicted octanol–water partition coefficient (Wildman–Crippen LogP) is 1.86. The molecule has 0 N–H and O–H groups in total. The average Bonchev–Trinajstić information content (AvgIpc) is 2.90. The first-order valence-electron chi connectivity index (χ1n) is 4.93. The normalized spacial score (nSPS) is 16.8. The van der Waals surface area contributed by atoms with Crippen molar-refractivity contribution in [3.63, 3.8) is 0 Å². The molecular formula is C10H9NO3S2. The third-order valence-corrected chi connectivity index (χ3v) is 5.96. The van der Waals surface area contributed by atoms with Crippen LogP contribution >= 0.6 is 11.3 Å². The van der Waals surface area contributed by atoms with Crippen LogP contribution in [0, 0.1) is 0 Å². The number of fused-ring (bicyclic) bond motifs is 1. The summed E-state index contributed by atoms with van der Waals surface area (Å²) in [7, 11) is -3.37. The molecule has 2 aromatic rings. The van der Waals surface area contributed by atoms with Gasteiger partial charge in [0.1, 0.15) is 4.83 Å². The van der Waals surface area contributed by atoms with Gasteiger partial charge in [-0.3, -0.25) is 4.79 Å². The standard InChI is InChI=1S/C10H9NO3S2/c12-6-8-5-7-3-4-15-10(7)11(8)16(13,14)9-1-2-9/h3-6,9H,1-2H2. The molecule has 84 valence electrons. The lowest BCUT2D eigenvalue weighted by Gasteiger charge is -2.06. The highest BCUT2D eigenvalue weighted by molar-refractivity contribution is 7.91. The molecule has 3 rings (SSSR count). The molecule has 6 heteroatoms. The minimum absolute atomic E-state index is 0.230. The van der Waals surface area contributed by atoms with Gasteiger partial charge in [0.25, 0.3) is 0 Å². The van der Waals surface area contributed by atoms with Crippen LogP contribution in [0.15, 0.2) is 17.5 Å².